The Labute approximate surface area is 137 Å². The van der Waals surface area contributed by atoms with E-state index in [1.54, 1.807) is 12.4 Å². The minimum atomic E-state index is 0.0319. The van der Waals surface area contributed by atoms with Gasteiger partial charge in [-0.3, -0.25) is 9.69 Å². The van der Waals surface area contributed by atoms with E-state index in [-0.39, 0.29) is 11.9 Å². The average Bonchev–Trinajstić information content (AvgIpc) is 3.15. The zero-order valence-corrected chi connectivity index (χ0v) is 13.6. The molecule has 0 radical (unpaired) electrons. The molecule has 2 aliphatic heterocycles. The third-order valence-corrected chi connectivity index (χ3v) is 4.53. The quantitative estimate of drug-likeness (QED) is 0.711. The molecule has 0 aromatic carbocycles. The maximum Gasteiger partial charge on any atom is 0.237 e. The molecule has 1 aromatic rings. The van der Waals surface area contributed by atoms with E-state index in [0.717, 1.165) is 71.0 Å². The van der Waals surface area contributed by atoms with Gasteiger partial charge in [-0.25, -0.2) is 9.97 Å². The number of nitrogens with one attached hydrogen (secondary N) is 2. The lowest BCUT2D eigenvalue weighted by Crippen LogP contribution is -2.47. The van der Waals surface area contributed by atoms with E-state index in [9.17, 15) is 4.79 Å². The number of hydrogen-bond acceptors (Lipinski definition) is 6. The molecule has 126 valence electrons. The Morgan fingerprint density at radius 3 is 2.74 bits per heavy atom. The molecule has 0 saturated carbocycles. The van der Waals surface area contributed by atoms with Crippen LogP contribution in [-0.4, -0.2) is 72.6 Å². The number of rotatable bonds is 6. The molecule has 23 heavy (non-hydrogen) atoms. The van der Waals surface area contributed by atoms with Crippen molar-refractivity contribution in [3.63, 3.8) is 0 Å². The number of anilines is 1. The van der Waals surface area contributed by atoms with Gasteiger partial charge in [-0.1, -0.05) is 0 Å². The third-order valence-electron chi connectivity index (χ3n) is 4.53. The second-order valence-corrected chi connectivity index (χ2v) is 6.17. The van der Waals surface area contributed by atoms with Crippen molar-refractivity contribution in [1.82, 2.24) is 25.5 Å². The number of carbonyl (C=O) groups excluding carboxylic acids is 1. The van der Waals surface area contributed by atoms with Crippen molar-refractivity contribution in [2.45, 2.75) is 25.3 Å². The maximum absolute atomic E-state index is 11.9. The molecule has 7 heteroatoms. The van der Waals surface area contributed by atoms with Gasteiger partial charge in [-0.05, 0) is 38.4 Å². The Morgan fingerprint density at radius 2 is 2.04 bits per heavy atom. The van der Waals surface area contributed by atoms with Crippen LogP contribution in [0.25, 0.3) is 0 Å². The first-order valence-electron chi connectivity index (χ1n) is 8.58. The molecule has 3 heterocycles. The van der Waals surface area contributed by atoms with Crippen LogP contribution < -0.4 is 15.5 Å². The summed E-state index contributed by atoms with van der Waals surface area (Å²) in [5, 5.41) is 6.27. The molecule has 2 saturated heterocycles. The number of aromatic nitrogens is 2. The van der Waals surface area contributed by atoms with Crippen molar-refractivity contribution in [1.29, 1.82) is 0 Å². The Bertz CT molecular complexity index is 483. The SMILES string of the molecule is O=C(NCCCN1CCN(c2ncccn2)CC1)C1CCCN1. The number of carbonyl (C=O) groups is 1. The first-order chi connectivity index (χ1) is 11.3. The fourth-order valence-electron chi connectivity index (χ4n) is 3.17. The van der Waals surface area contributed by atoms with Gasteiger partial charge in [0.1, 0.15) is 0 Å². The van der Waals surface area contributed by atoms with Crippen molar-refractivity contribution in [2.24, 2.45) is 0 Å². The lowest BCUT2D eigenvalue weighted by Gasteiger charge is -2.34. The highest BCUT2D eigenvalue weighted by atomic mass is 16.2. The van der Waals surface area contributed by atoms with E-state index in [1.165, 1.54) is 0 Å². The van der Waals surface area contributed by atoms with E-state index >= 15 is 0 Å². The molecule has 1 atom stereocenters. The summed E-state index contributed by atoms with van der Waals surface area (Å²) in [5.41, 5.74) is 0. The number of amides is 1. The first kappa shape index (κ1) is 16.1. The van der Waals surface area contributed by atoms with Gasteiger partial charge in [0.05, 0.1) is 6.04 Å². The normalized spacial score (nSPS) is 22.3. The van der Waals surface area contributed by atoms with E-state index in [1.807, 2.05) is 6.07 Å². The second kappa shape index (κ2) is 8.21. The third kappa shape index (κ3) is 4.62. The van der Waals surface area contributed by atoms with Gasteiger partial charge in [0.15, 0.2) is 0 Å². The predicted molar refractivity (Wildman–Crippen MR) is 89.3 cm³/mol. The van der Waals surface area contributed by atoms with Gasteiger partial charge in [-0.2, -0.15) is 0 Å². The largest absolute Gasteiger partial charge is 0.355 e. The van der Waals surface area contributed by atoms with Crippen LogP contribution >= 0.6 is 0 Å². The van der Waals surface area contributed by atoms with E-state index in [2.05, 4.69) is 30.4 Å². The predicted octanol–water partition coefficient (Wildman–Crippen LogP) is -0.143. The molecule has 1 aromatic heterocycles. The molecule has 2 N–H and O–H groups in total. The van der Waals surface area contributed by atoms with Crippen molar-refractivity contribution in [3.8, 4) is 0 Å². The Hall–Kier alpha value is -1.73. The van der Waals surface area contributed by atoms with Crippen LogP contribution in [-0.2, 0) is 4.79 Å². The molecule has 0 spiro atoms. The van der Waals surface area contributed by atoms with Gasteiger partial charge in [0.25, 0.3) is 0 Å². The molecule has 1 unspecified atom stereocenters. The summed E-state index contributed by atoms with van der Waals surface area (Å²) in [6, 6.07) is 1.87. The number of hydrogen-bond donors (Lipinski definition) is 2. The van der Waals surface area contributed by atoms with Crippen LogP contribution in [0.3, 0.4) is 0 Å². The van der Waals surface area contributed by atoms with Gasteiger partial charge < -0.3 is 15.5 Å². The average molecular weight is 318 g/mol. The molecule has 1 amide bonds. The summed E-state index contributed by atoms with van der Waals surface area (Å²) in [6.07, 6.45) is 6.65. The number of nitrogens with zero attached hydrogens (tertiary/aromatic N) is 4. The van der Waals surface area contributed by atoms with E-state index < -0.39 is 0 Å². The Morgan fingerprint density at radius 1 is 1.26 bits per heavy atom. The van der Waals surface area contributed by atoms with E-state index in [4.69, 9.17) is 0 Å². The molecule has 2 aliphatic rings. The van der Waals surface area contributed by atoms with Crippen molar-refractivity contribution < 1.29 is 4.79 Å². The van der Waals surface area contributed by atoms with Gasteiger partial charge in [0, 0.05) is 45.1 Å². The Balaban J connectivity index is 1.29. The van der Waals surface area contributed by atoms with Crippen LogP contribution in [0.2, 0.25) is 0 Å². The summed E-state index contributed by atoms with van der Waals surface area (Å²) in [5.74, 6) is 0.983. The number of piperazine rings is 1. The summed E-state index contributed by atoms with van der Waals surface area (Å²) >= 11 is 0. The highest BCUT2D eigenvalue weighted by Crippen LogP contribution is 2.09. The summed E-state index contributed by atoms with van der Waals surface area (Å²) < 4.78 is 0. The standard InChI is InChI=1S/C16H26N6O/c23-15(14-4-1-5-17-14)18-8-3-9-21-10-12-22(13-11-21)16-19-6-2-7-20-16/h2,6-7,14,17H,1,3-5,8-13H2,(H,18,23). The molecule has 3 rings (SSSR count). The summed E-state index contributed by atoms with van der Waals surface area (Å²) in [6.45, 7) is 6.73. The molecule has 7 nitrogen and oxygen atoms in total. The maximum atomic E-state index is 11.9. The van der Waals surface area contributed by atoms with Gasteiger partial charge in [-0.15, -0.1) is 0 Å². The fourth-order valence-corrected chi connectivity index (χ4v) is 3.17. The zero-order valence-electron chi connectivity index (χ0n) is 13.6. The zero-order chi connectivity index (χ0) is 15.9. The highest BCUT2D eigenvalue weighted by Gasteiger charge is 2.21. The fraction of sp³-hybridized carbons (Fsp3) is 0.688. The minimum absolute atomic E-state index is 0.0319. The topological polar surface area (TPSA) is 73.4 Å². The van der Waals surface area contributed by atoms with Crippen molar-refractivity contribution >= 4 is 11.9 Å². The summed E-state index contributed by atoms with van der Waals surface area (Å²) in [4.78, 5) is 25.2. The lowest BCUT2D eigenvalue weighted by molar-refractivity contribution is -0.122. The molecule has 0 aliphatic carbocycles. The highest BCUT2D eigenvalue weighted by molar-refractivity contribution is 5.81. The van der Waals surface area contributed by atoms with Crippen molar-refractivity contribution in [2.75, 3.05) is 50.7 Å². The molecule has 2 fully saturated rings. The van der Waals surface area contributed by atoms with Crippen LogP contribution in [0.15, 0.2) is 18.5 Å². The van der Waals surface area contributed by atoms with Crippen molar-refractivity contribution in [3.05, 3.63) is 18.5 Å². The van der Waals surface area contributed by atoms with E-state index in [0.29, 0.717) is 0 Å². The van der Waals surface area contributed by atoms with Crippen LogP contribution in [0.5, 0.6) is 0 Å². The first-order valence-corrected chi connectivity index (χ1v) is 8.58. The monoisotopic (exact) mass is 318 g/mol. The van der Waals surface area contributed by atoms with Crippen LogP contribution in [0, 0.1) is 0 Å². The van der Waals surface area contributed by atoms with Crippen LogP contribution in [0.4, 0.5) is 5.95 Å². The van der Waals surface area contributed by atoms with Gasteiger partial charge >= 0.3 is 0 Å². The molecule has 0 bridgehead atoms. The lowest BCUT2D eigenvalue weighted by atomic mass is 10.2. The smallest absolute Gasteiger partial charge is 0.237 e. The summed E-state index contributed by atoms with van der Waals surface area (Å²) in [7, 11) is 0. The van der Waals surface area contributed by atoms with Crippen LogP contribution in [0.1, 0.15) is 19.3 Å². The Kier molecular flexibility index (Phi) is 5.76. The van der Waals surface area contributed by atoms with Gasteiger partial charge in [0.2, 0.25) is 11.9 Å². The molecular weight excluding hydrogens is 292 g/mol. The second-order valence-electron chi connectivity index (χ2n) is 6.17. The molecular formula is C16H26N6O. The minimum Gasteiger partial charge on any atom is -0.355 e.